The van der Waals surface area contributed by atoms with E-state index in [0.29, 0.717) is 0 Å². The Morgan fingerprint density at radius 2 is 1.96 bits per heavy atom. The number of hydrogen-bond donors (Lipinski definition) is 0. The molecule has 2 aromatic carbocycles. The fourth-order valence-corrected chi connectivity index (χ4v) is 3.12. The minimum Gasteiger partial charge on any atom is -0.487 e. The van der Waals surface area contributed by atoms with Gasteiger partial charge in [0.05, 0.1) is 12.1 Å². The number of hydrogen-bond acceptors (Lipinski definition) is 3. The molecule has 1 atom stereocenters. The maximum atomic E-state index is 6.41. The Kier molecular flexibility index (Phi) is 5.84. The monoisotopic (exact) mass is 350 g/mol. The third-order valence-corrected chi connectivity index (χ3v) is 4.65. The highest BCUT2D eigenvalue weighted by atomic mass is 35.5. The summed E-state index contributed by atoms with van der Waals surface area (Å²) < 4.78 is 6.41. The van der Waals surface area contributed by atoms with E-state index in [0.717, 1.165) is 41.2 Å². The molecule has 0 radical (unpaired) electrons. The molecule has 0 N–H and O–H groups in total. The number of nitrogens with zero attached hydrogens (tertiary/aromatic N) is 2. The second-order valence-electron chi connectivity index (χ2n) is 6.18. The summed E-state index contributed by atoms with van der Waals surface area (Å²) in [7, 11) is 6.24. The number of thiocarbonyl (C=S) groups is 1. The van der Waals surface area contributed by atoms with Crippen molar-refractivity contribution in [1.82, 2.24) is 9.80 Å². The molecule has 3 nitrogen and oxygen atoms in total. The van der Waals surface area contributed by atoms with Gasteiger partial charge in [0.2, 0.25) is 0 Å². The van der Waals surface area contributed by atoms with Crippen molar-refractivity contribution in [3.8, 4) is 5.75 Å². The smallest absolute Gasteiger partial charge is 0.137 e. The highest BCUT2D eigenvalue weighted by Gasteiger charge is 2.25. The first kappa shape index (κ1) is 18.0. The van der Waals surface area contributed by atoms with Gasteiger partial charge >= 0.3 is 0 Å². The number of ether oxygens (including phenoxy) is 1. The minimum absolute atomic E-state index is 0. The zero-order chi connectivity index (χ0) is 15.7. The molecule has 0 fully saturated rings. The van der Waals surface area contributed by atoms with Gasteiger partial charge in [-0.05, 0) is 32.0 Å². The summed E-state index contributed by atoms with van der Waals surface area (Å²) in [4.78, 5) is 5.19. The highest BCUT2D eigenvalue weighted by molar-refractivity contribution is 7.80. The quantitative estimate of drug-likeness (QED) is 0.786. The summed E-state index contributed by atoms with van der Waals surface area (Å²) in [6.07, 6.45) is 1.14. The lowest BCUT2D eigenvalue weighted by Gasteiger charge is -2.23. The van der Waals surface area contributed by atoms with Crippen LogP contribution in [0.1, 0.15) is 12.0 Å². The van der Waals surface area contributed by atoms with Crippen molar-refractivity contribution in [3.63, 3.8) is 0 Å². The summed E-state index contributed by atoms with van der Waals surface area (Å²) >= 11 is 5.66. The lowest BCUT2D eigenvalue weighted by Crippen LogP contribution is -2.35. The molecular formula is C18H23ClN2OS. The molecule has 2 aromatic rings. The molecule has 0 saturated carbocycles. The number of halogens is 1. The van der Waals surface area contributed by atoms with Gasteiger partial charge in [0.1, 0.15) is 16.8 Å². The topological polar surface area (TPSA) is 15.7 Å². The average Bonchev–Trinajstić information content (AvgIpc) is 2.63. The van der Waals surface area contributed by atoms with E-state index in [-0.39, 0.29) is 18.5 Å². The molecule has 1 aliphatic heterocycles. The van der Waals surface area contributed by atoms with E-state index < -0.39 is 0 Å². The minimum atomic E-state index is 0. The number of fused-ring (bicyclic) bond motifs is 3. The van der Waals surface area contributed by atoms with Crippen LogP contribution >= 0.6 is 24.6 Å². The lowest BCUT2D eigenvalue weighted by atomic mass is 10.1. The van der Waals surface area contributed by atoms with E-state index >= 15 is 0 Å². The maximum Gasteiger partial charge on any atom is 0.137 e. The van der Waals surface area contributed by atoms with Gasteiger partial charge in [0.15, 0.2) is 0 Å². The predicted octanol–water partition coefficient (Wildman–Crippen LogP) is 3.58. The second kappa shape index (κ2) is 7.47. The summed E-state index contributed by atoms with van der Waals surface area (Å²) in [5.74, 6) is 0.941. The third-order valence-electron chi connectivity index (χ3n) is 4.12. The van der Waals surface area contributed by atoms with Crippen molar-refractivity contribution in [3.05, 3.63) is 42.0 Å². The van der Waals surface area contributed by atoms with Gasteiger partial charge in [0.25, 0.3) is 0 Å². The van der Waals surface area contributed by atoms with Crippen LogP contribution in [0.25, 0.3) is 10.8 Å². The van der Waals surface area contributed by atoms with Crippen LogP contribution in [-0.2, 0) is 0 Å². The normalized spacial score (nSPS) is 17.5. The van der Waals surface area contributed by atoms with Crippen LogP contribution in [0.4, 0.5) is 0 Å². The Balaban J connectivity index is 0.00000192. The fourth-order valence-electron chi connectivity index (χ4n) is 2.89. The first-order valence-electron chi connectivity index (χ1n) is 7.65. The van der Waals surface area contributed by atoms with Crippen molar-refractivity contribution >= 4 is 40.4 Å². The van der Waals surface area contributed by atoms with Gasteiger partial charge < -0.3 is 14.5 Å². The van der Waals surface area contributed by atoms with Crippen molar-refractivity contribution < 1.29 is 4.74 Å². The summed E-state index contributed by atoms with van der Waals surface area (Å²) in [6.45, 7) is 1.83. The largest absolute Gasteiger partial charge is 0.487 e. The highest BCUT2D eigenvalue weighted by Crippen LogP contribution is 2.34. The molecule has 0 amide bonds. The molecule has 0 saturated heterocycles. The van der Waals surface area contributed by atoms with Crippen molar-refractivity contribution in [2.45, 2.75) is 12.5 Å². The van der Waals surface area contributed by atoms with E-state index in [1.807, 2.05) is 0 Å². The SMILES string of the molecule is CN(C)CCC1CN(C)C(=S)c2ccc3ccccc3c2O1.Cl. The molecule has 0 spiro atoms. The summed E-state index contributed by atoms with van der Waals surface area (Å²) in [5.41, 5.74) is 1.03. The summed E-state index contributed by atoms with van der Waals surface area (Å²) in [6, 6.07) is 12.6. The molecule has 0 bridgehead atoms. The molecule has 1 heterocycles. The Labute approximate surface area is 149 Å². The molecule has 124 valence electrons. The maximum absolute atomic E-state index is 6.41. The van der Waals surface area contributed by atoms with Crippen molar-refractivity contribution in [2.75, 3.05) is 34.2 Å². The fraction of sp³-hybridized carbons (Fsp3) is 0.389. The van der Waals surface area contributed by atoms with Crippen LogP contribution in [0.5, 0.6) is 5.75 Å². The van der Waals surface area contributed by atoms with Crippen LogP contribution in [0.15, 0.2) is 36.4 Å². The molecule has 0 aromatic heterocycles. The molecular weight excluding hydrogens is 328 g/mol. The molecule has 3 rings (SSSR count). The van der Waals surface area contributed by atoms with Crippen LogP contribution in [-0.4, -0.2) is 55.1 Å². The molecule has 1 unspecified atom stereocenters. The molecule has 1 aliphatic rings. The molecule has 23 heavy (non-hydrogen) atoms. The molecule has 5 heteroatoms. The Hall–Kier alpha value is -1.36. The van der Waals surface area contributed by atoms with Crippen LogP contribution in [0, 0.1) is 0 Å². The standard InChI is InChI=1S/C18H22N2OS.ClH/c1-19(2)11-10-14-12-20(3)18(22)16-9-8-13-6-4-5-7-15(13)17(16)21-14;/h4-9,14H,10-12H2,1-3H3;1H. The van der Waals surface area contributed by atoms with E-state index in [1.54, 1.807) is 0 Å². The Bertz CT molecular complexity index is 704. The Morgan fingerprint density at radius 3 is 2.70 bits per heavy atom. The zero-order valence-corrected chi connectivity index (χ0v) is 15.4. The van der Waals surface area contributed by atoms with E-state index in [2.05, 4.69) is 67.3 Å². The van der Waals surface area contributed by atoms with Gasteiger partial charge in [-0.3, -0.25) is 0 Å². The third kappa shape index (κ3) is 3.77. The first-order chi connectivity index (χ1) is 10.6. The number of rotatable bonds is 3. The zero-order valence-electron chi connectivity index (χ0n) is 13.8. The summed E-state index contributed by atoms with van der Waals surface area (Å²) in [5, 5.41) is 2.34. The average molecular weight is 351 g/mol. The predicted molar refractivity (Wildman–Crippen MR) is 103 cm³/mol. The second-order valence-corrected chi connectivity index (χ2v) is 6.57. The Morgan fingerprint density at radius 1 is 1.22 bits per heavy atom. The van der Waals surface area contributed by atoms with E-state index in [9.17, 15) is 0 Å². The lowest BCUT2D eigenvalue weighted by molar-refractivity contribution is 0.162. The van der Waals surface area contributed by atoms with Crippen LogP contribution in [0.3, 0.4) is 0 Å². The van der Waals surface area contributed by atoms with Gasteiger partial charge in [-0.1, -0.05) is 42.5 Å². The van der Waals surface area contributed by atoms with Crippen molar-refractivity contribution in [2.24, 2.45) is 0 Å². The van der Waals surface area contributed by atoms with Gasteiger partial charge in [-0.25, -0.2) is 0 Å². The first-order valence-corrected chi connectivity index (χ1v) is 8.05. The van der Waals surface area contributed by atoms with Gasteiger partial charge in [-0.2, -0.15) is 0 Å². The number of benzene rings is 2. The van der Waals surface area contributed by atoms with E-state index in [1.165, 1.54) is 5.39 Å². The van der Waals surface area contributed by atoms with E-state index in [4.69, 9.17) is 17.0 Å². The van der Waals surface area contributed by atoms with Crippen LogP contribution in [0.2, 0.25) is 0 Å². The van der Waals surface area contributed by atoms with Gasteiger partial charge in [-0.15, -0.1) is 12.4 Å². The molecule has 0 aliphatic carbocycles. The van der Waals surface area contributed by atoms with Crippen molar-refractivity contribution in [1.29, 1.82) is 0 Å². The number of likely N-dealkylation sites (N-methyl/N-ethyl adjacent to an activating group) is 1. The van der Waals surface area contributed by atoms with Gasteiger partial charge in [0, 0.05) is 19.0 Å². The van der Waals surface area contributed by atoms with Crippen LogP contribution < -0.4 is 4.74 Å².